The minimum absolute atomic E-state index is 0.0459. The lowest BCUT2D eigenvalue weighted by molar-refractivity contribution is 0.0933. The summed E-state index contributed by atoms with van der Waals surface area (Å²) in [5.74, 6) is 1.59. The second kappa shape index (κ2) is 9.53. The van der Waals surface area contributed by atoms with Gasteiger partial charge in [-0.15, -0.1) is 0 Å². The van der Waals surface area contributed by atoms with Crippen molar-refractivity contribution in [2.24, 2.45) is 0 Å². The molecule has 0 unspecified atom stereocenters. The van der Waals surface area contributed by atoms with E-state index in [9.17, 15) is 4.79 Å². The van der Waals surface area contributed by atoms with Crippen LogP contribution in [0.1, 0.15) is 54.4 Å². The zero-order valence-electron chi connectivity index (χ0n) is 17.3. The Morgan fingerprint density at radius 2 is 1.77 bits per heavy atom. The molecule has 0 spiro atoms. The normalized spacial score (nSPS) is 14.7. The number of rotatable bonds is 5. The third kappa shape index (κ3) is 5.23. The van der Waals surface area contributed by atoms with E-state index in [1.54, 1.807) is 18.3 Å². The first-order chi connectivity index (χ1) is 14.7. The van der Waals surface area contributed by atoms with Gasteiger partial charge < -0.3 is 10.1 Å². The summed E-state index contributed by atoms with van der Waals surface area (Å²) in [5, 5.41) is 3.18. The van der Waals surface area contributed by atoms with Crippen molar-refractivity contribution in [1.82, 2.24) is 15.3 Å². The Morgan fingerprint density at radius 3 is 2.53 bits per heavy atom. The number of carbonyl (C=O) groups excluding carboxylic acids is 1. The molecule has 0 aliphatic heterocycles. The van der Waals surface area contributed by atoms with Crippen LogP contribution in [0.2, 0.25) is 0 Å². The number of hydrogen-bond donors (Lipinski definition) is 1. The molecule has 3 aromatic rings. The van der Waals surface area contributed by atoms with E-state index in [0.29, 0.717) is 23.0 Å². The number of amides is 1. The molecule has 30 heavy (non-hydrogen) atoms. The van der Waals surface area contributed by atoms with E-state index in [0.717, 1.165) is 18.4 Å². The van der Waals surface area contributed by atoms with Crippen LogP contribution in [0.3, 0.4) is 0 Å². The molecule has 5 nitrogen and oxygen atoms in total. The van der Waals surface area contributed by atoms with Gasteiger partial charge >= 0.3 is 0 Å². The highest BCUT2D eigenvalue weighted by Crippen LogP contribution is 2.24. The number of nitrogens with one attached hydrogen (secondary N) is 1. The van der Waals surface area contributed by atoms with Crippen LogP contribution in [0.4, 0.5) is 0 Å². The van der Waals surface area contributed by atoms with Gasteiger partial charge in [-0.3, -0.25) is 4.79 Å². The Kier molecular flexibility index (Phi) is 6.38. The fourth-order valence-electron chi connectivity index (χ4n) is 3.75. The molecule has 1 N–H and O–H groups in total. The molecule has 1 aliphatic carbocycles. The molecule has 1 heterocycles. The largest absolute Gasteiger partial charge is 0.439 e. The van der Waals surface area contributed by atoms with Crippen LogP contribution in [0.15, 0.2) is 60.8 Å². The van der Waals surface area contributed by atoms with Crippen molar-refractivity contribution in [3.63, 3.8) is 0 Å². The molecule has 1 aliphatic rings. The fraction of sp³-hybridized carbons (Fsp3) is 0.320. The zero-order chi connectivity index (χ0) is 20.8. The van der Waals surface area contributed by atoms with Crippen molar-refractivity contribution in [3.05, 3.63) is 71.9 Å². The van der Waals surface area contributed by atoms with Crippen molar-refractivity contribution in [1.29, 1.82) is 0 Å². The van der Waals surface area contributed by atoms with Gasteiger partial charge in [0.2, 0.25) is 5.88 Å². The molecule has 0 bridgehead atoms. The summed E-state index contributed by atoms with van der Waals surface area (Å²) in [6.07, 6.45) is 8.70. The van der Waals surface area contributed by atoms with Crippen LogP contribution in [-0.2, 0) is 0 Å². The molecule has 4 rings (SSSR count). The molecule has 154 valence electrons. The maximum absolute atomic E-state index is 12.7. The summed E-state index contributed by atoms with van der Waals surface area (Å²) >= 11 is 0. The summed E-state index contributed by atoms with van der Waals surface area (Å²) in [5.41, 5.74) is 2.72. The lowest BCUT2D eigenvalue weighted by atomic mass is 10.1. The second-order valence-electron chi connectivity index (χ2n) is 7.88. The van der Waals surface area contributed by atoms with Gasteiger partial charge in [0.05, 0.1) is 0 Å². The van der Waals surface area contributed by atoms with E-state index in [-0.39, 0.29) is 11.9 Å². The first-order valence-corrected chi connectivity index (χ1v) is 10.7. The average Bonchev–Trinajstić information content (AvgIpc) is 3.03. The quantitative estimate of drug-likeness (QED) is 0.557. The Labute approximate surface area is 177 Å². The van der Waals surface area contributed by atoms with Gasteiger partial charge in [0.25, 0.3) is 5.91 Å². The third-order valence-electron chi connectivity index (χ3n) is 5.45. The van der Waals surface area contributed by atoms with Crippen LogP contribution in [0.25, 0.3) is 11.4 Å². The Balaban J connectivity index is 1.46. The molecule has 2 aromatic carbocycles. The maximum atomic E-state index is 12.7. The van der Waals surface area contributed by atoms with Gasteiger partial charge in [-0.1, -0.05) is 61.6 Å². The van der Waals surface area contributed by atoms with Gasteiger partial charge in [0, 0.05) is 29.4 Å². The Bertz CT molecular complexity index is 993. The molecule has 5 heteroatoms. The van der Waals surface area contributed by atoms with Crippen LogP contribution < -0.4 is 10.1 Å². The van der Waals surface area contributed by atoms with Gasteiger partial charge in [-0.05, 0) is 38.0 Å². The number of aryl methyl sites for hydroxylation is 1. The third-order valence-corrected chi connectivity index (χ3v) is 5.45. The van der Waals surface area contributed by atoms with Crippen molar-refractivity contribution >= 4 is 5.91 Å². The number of carbonyl (C=O) groups is 1. The highest BCUT2D eigenvalue weighted by molar-refractivity contribution is 5.94. The number of hydrogen-bond acceptors (Lipinski definition) is 4. The highest BCUT2D eigenvalue weighted by Gasteiger charge is 2.16. The topological polar surface area (TPSA) is 64.1 Å². The molecular formula is C25H27N3O2. The first kappa shape index (κ1) is 20.1. The summed E-state index contributed by atoms with van der Waals surface area (Å²) in [7, 11) is 0. The number of aromatic nitrogens is 2. The fourth-order valence-corrected chi connectivity index (χ4v) is 3.75. The predicted molar refractivity (Wildman–Crippen MR) is 118 cm³/mol. The number of ether oxygens (including phenoxy) is 1. The molecule has 1 saturated carbocycles. The molecule has 0 saturated heterocycles. The van der Waals surface area contributed by atoms with Crippen LogP contribution in [0, 0.1) is 6.92 Å². The van der Waals surface area contributed by atoms with Crippen molar-refractivity contribution < 1.29 is 9.53 Å². The molecule has 0 atom stereocenters. The van der Waals surface area contributed by atoms with E-state index in [1.807, 2.05) is 49.4 Å². The summed E-state index contributed by atoms with van der Waals surface area (Å²) in [4.78, 5) is 21.6. The molecular weight excluding hydrogens is 374 g/mol. The summed E-state index contributed by atoms with van der Waals surface area (Å²) in [6.45, 7) is 2.04. The SMILES string of the molecule is Cc1ccc(-c2nccc(Oc3cccc(C(=O)NC4CCCCCC4)c3)n2)cc1. The van der Waals surface area contributed by atoms with Gasteiger partial charge in [-0.25, -0.2) is 4.98 Å². The predicted octanol–water partition coefficient (Wildman–Crippen LogP) is 5.70. The zero-order valence-corrected chi connectivity index (χ0v) is 17.3. The monoisotopic (exact) mass is 401 g/mol. The molecule has 0 radical (unpaired) electrons. The minimum atomic E-state index is -0.0459. The standard InChI is InChI=1S/C25H27N3O2/c1-18-11-13-19(14-12-18)24-26-16-15-23(28-24)30-22-10-6-7-20(17-22)25(29)27-21-8-4-2-3-5-9-21/h6-7,10-17,21H,2-5,8-9H2,1H3,(H,27,29). The average molecular weight is 402 g/mol. The van der Waals surface area contributed by atoms with Crippen molar-refractivity contribution in [2.75, 3.05) is 0 Å². The van der Waals surface area contributed by atoms with Crippen molar-refractivity contribution in [3.8, 4) is 23.0 Å². The van der Waals surface area contributed by atoms with Crippen LogP contribution >= 0.6 is 0 Å². The Hall–Kier alpha value is -3.21. The summed E-state index contributed by atoms with van der Waals surface area (Å²) < 4.78 is 5.93. The van der Waals surface area contributed by atoms with Gasteiger partial charge in [0.1, 0.15) is 5.75 Å². The number of nitrogens with zero attached hydrogens (tertiary/aromatic N) is 2. The van der Waals surface area contributed by atoms with E-state index < -0.39 is 0 Å². The second-order valence-corrected chi connectivity index (χ2v) is 7.88. The molecule has 1 aromatic heterocycles. The molecule has 1 fully saturated rings. The van der Waals surface area contributed by atoms with Crippen LogP contribution in [-0.4, -0.2) is 21.9 Å². The Morgan fingerprint density at radius 1 is 1.00 bits per heavy atom. The molecule has 1 amide bonds. The smallest absolute Gasteiger partial charge is 0.251 e. The van der Waals surface area contributed by atoms with Crippen LogP contribution in [0.5, 0.6) is 11.6 Å². The van der Waals surface area contributed by atoms with Gasteiger partial charge in [0.15, 0.2) is 5.82 Å². The summed E-state index contributed by atoms with van der Waals surface area (Å²) in [6, 6.07) is 17.3. The van der Waals surface area contributed by atoms with Gasteiger partial charge in [-0.2, -0.15) is 4.98 Å². The maximum Gasteiger partial charge on any atom is 0.251 e. The lowest BCUT2D eigenvalue weighted by Gasteiger charge is -2.16. The van der Waals surface area contributed by atoms with E-state index in [2.05, 4.69) is 15.3 Å². The van der Waals surface area contributed by atoms with E-state index in [1.165, 1.54) is 31.2 Å². The van der Waals surface area contributed by atoms with E-state index >= 15 is 0 Å². The number of benzene rings is 2. The lowest BCUT2D eigenvalue weighted by Crippen LogP contribution is -2.34. The minimum Gasteiger partial charge on any atom is -0.439 e. The first-order valence-electron chi connectivity index (χ1n) is 10.7. The highest BCUT2D eigenvalue weighted by atomic mass is 16.5. The van der Waals surface area contributed by atoms with E-state index in [4.69, 9.17) is 4.74 Å². The van der Waals surface area contributed by atoms with Crippen molar-refractivity contribution in [2.45, 2.75) is 51.5 Å².